The van der Waals surface area contributed by atoms with Gasteiger partial charge in [0, 0.05) is 39.0 Å². The van der Waals surface area contributed by atoms with Gasteiger partial charge in [0.05, 0.1) is 11.6 Å². The number of carbonyl (C=O) groups excluding carboxylic acids is 1. The van der Waals surface area contributed by atoms with E-state index in [4.69, 9.17) is 9.97 Å². The molecule has 1 amide bonds. The fourth-order valence-corrected chi connectivity index (χ4v) is 3.30. The zero-order chi connectivity index (χ0) is 18.2. The molecule has 1 saturated heterocycles. The van der Waals surface area contributed by atoms with Crippen molar-refractivity contribution in [1.29, 1.82) is 0 Å². The van der Waals surface area contributed by atoms with Gasteiger partial charge in [-0.3, -0.25) is 9.48 Å². The standard InChI is InChI=1S/C18H28N6O/c1-12(25)19-9-13-7-6-8-24(11-13)16-14-10-20-23(5)15(14)21-17(22-16)18(2,3)4/h10,13H,6-9,11H2,1-5H3,(H,19,25)/t13-/m1/s1. The number of carbonyl (C=O) groups is 1. The van der Waals surface area contributed by atoms with E-state index in [0.29, 0.717) is 5.92 Å². The summed E-state index contributed by atoms with van der Waals surface area (Å²) in [6.45, 7) is 10.5. The van der Waals surface area contributed by atoms with Crippen LogP contribution in [0.2, 0.25) is 0 Å². The predicted molar refractivity (Wildman–Crippen MR) is 98.6 cm³/mol. The quantitative estimate of drug-likeness (QED) is 0.922. The second-order valence-electron chi connectivity index (χ2n) is 8.02. The van der Waals surface area contributed by atoms with Crippen molar-refractivity contribution in [3.05, 3.63) is 12.0 Å². The molecule has 136 valence electrons. The van der Waals surface area contributed by atoms with E-state index < -0.39 is 0 Å². The molecule has 7 heteroatoms. The van der Waals surface area contributed by atoms with E-state index >= 15 is 0 Å². The maximum atomic E-state index is 11.2. The molecular weight excluding hydrogens is 316 g/mol. The van der Waals surface area contributed by atoms with Crippen molar-refractivity contribution in [2.75, 3.05) is 24.5 Å². The summed E-state index contributed by atoms with van der Waals surface area (Å²) in [5, 5.41) is 8.33. The van der Waals surface area contributed by atoms with Crippen LogP contribution in [0.1, 0.15) is 46.4 Å². The number of hydrogen-bond donors (Lipinski definition) is 1. The van der Waals surface area contributed by atoms with Gasteiger partial charge < -0.3 is 10.2 Å². The minimum Gasteiger partial charge on any atom is -0.356 e. The molecule has 1 aliphatic heterocycles. The number of aromatic nitrogens is 4. The average molecular weight is 344 g/mol. The molecular formula is C18H28N6O. The minimum absolute atomic E-state index is 0.0313. The van der Waals surface area contributed by atoms with Crippen molar-refractivity contribution < 1.29 is 4.79 Å². The number of piperidine rings is 1. The van der Waals surface area contributed by atoms with Gasteiger partial charge in [-0.15, -0.1) is 0 Å². The lowest BCUT2D eigenvalue weighted by Gasteiger charge is -2.34. The fraction of sp³-hybridized carbons (Fsp3) is 0.667. The van der Waals surface area contributed by atoms with Crippen LogP contribution in [-0.2, 0) is 17.3 Å². The lowest BCUT2D eigenvalue weighted by molar-refractivity contribution is -0.119. The Morgan fingerprint density at radius 2 is 2.12 bits per heavy atom. The molecule has 0 saturated carbocycles. The zero-order valence-corrected chi connectivity index (χ0v) is 15.8. The molecule has 2 aromatic rings. The maximum absolute atomic E-state index is 11.2. The largest absolute Gasteiger partial charge is 0.356 e. The van der Waals surface area contributed by atoms with Crippen LogP contribution in [-0.4, -0.2) is 45.3 Å². The normalized spacial score (nSPS) is 18.6. The Balaban J connectivity index is 1.95. The summed E-state index contributed by atoms with van der Waals surface area (Å²) >= 11 is 0. The van der Waals surface area contributed by atoms with Gasteiger partial charge in [0.2, 0.25) is 5.91 Å². The van der Waals surface area contributed by atoms with Crippen LogP contribution < -0.4 is 10.2 Å². The summed E-state index contributed by atoms with van der Waals surface area (Å²) in [4.78, 5) is 23.2. The molecule has 1 aliphatic rings. The van der Waals surface area contributed by atoms with Gasteiger partial charge in [0.15, 0.2) is 5.65 Å². The molecule has 7 nitrogen and oxygen atoms in total. The van der Waals surface area contributed by atoms with E-state index in [-0.39, 0.29) is 11.3 Å². The number of aryl methyl sites for hydroxylation is 1. The van der Waals surface area contributed by atoms with E-state index in [1.807, 2.05) is 17.9 Å². The van der Waals surface area contributed by atoms with Gasteiger partial charge in [0.1, 0.15) is 11.6 Å². The molecule has 3 rings (SSSR count). The second kappa shape index (κ2) is 6.61. The first-order chi connectivity index (χ1) is 11.8. The van der Waals surface area contributed by atoms with Crippen molar-refractivity contribution in [3.8, 4) is 0 Å². The third-order valence-electron chi connectivity index (χ3n) is 4.70. The first-order valence-electron chi connectivity index (χ1n) is 8.95. The monoisotopic (exact) mass is 344 g/mol. The summed E-state index contributed by atoms with van der Waals surface area (Å²) in [7, 11) is 1.92. The Hall–Kier alpha value is -2.18. The molecule has 3 heterocycles. The molecule has 0 spiro atoms. The van der Waals surface area contributed by atoms with Crippen LogP contribution in [0.15, 0.2) is 6.20 Å². The highest BCUT2D eigenvalue weighted by atomic mass is 16.1. The number of hydrogen-bond acceptors (Lipinski definition) is 5. The highest BCUT2D eigenvalue weighted by Gasteiger charge is 2.27. The van der Waals surface area contributed by atoms with Crippen LogP contribution >= 0.6 is 0 Å². The van der Waals surface area contributed by atoms with Crippen LogP contribution in [0.25, 0.3) is 11.0 Å². The van der Waals surface area contributed by atoms with Gasteiger partial charge in [-0.1, -0.05) is 20.8 Å². The Labute approximate surface area is 148 Å². The van der Waals surface area contributed by atoms with Gasteiger partial charge in [0.25, 0.3) is 0 Å². The number of anilines is 1. The smallest absolute Gasteiger partial charge is 0.216 e. The van der Waals surface area contributed by atoms with Crippen LogP contribution in [0.3, 0.4) is 0 Å². The lowest BCUT2D eigenvalue weighted by atomic mass is 9.95. The van der Waals surface area contributed by atoms with Crippen molar-refractivity contribution in [3.63, 3.8) is 0 Å². The minimum atomic E-state index is -0.126. The summed E-state index contributed by atoms with van der Waals surface area (Å²) in [6, 6.07) is 0. The number of nitrogens with zero attached hydrogens (tertiary/aromatic N) is 5. The predicted octanol–water partition coefficient (Wildman–Crippen LogP) is 2.01. The molecule has 1 atom stereocenters. The molecule has 0 bridgehead atoms. The second-order valence-corrected chi connectivity index (χ2v) is 8.02. The van der Waals surface area contributed by atoms with Crippen LogP contribution in [0.5, 0.6) is 0 Å². The SMILES string of the molecule is CC(=O)NC[C@H]1CCCN(c2nc(C(C)(C)C)nc3c2cnn3C)C1. The van der Waals surface area contributed by atoms with E-state index in [2.05, 4.69) is 36.1 Å². The molecule has 0 unspecified atom stereocenters. The zero-order valence-electron chi connectivity index (χ0n) is 15.8. The third kappa shape index (κ3) is 3.75. The third-order valence-corrected chi connectivity index (χ3v) is 4.70. The molecule has 0 radical (unpaired) electrons. The maximum Gasteiger partial charge on any atom is 0.216 e. The number of amides is 1. The summed E-state index contributed by atoms with van der Waals surface area (Å²) in [5.74, 6) is 2.28. The number of rotatable bonds is 3. The molecule has 2 aromatic heterocycles. The molecule has 1 fully saturated rings. The fourth-order valence-electron chi connectivity index (χ4n) is 3.30. The van der Waals surface area contributed by atoms with Gasteiger partial charge >= 0.3 is 0 Å². The first-order valence-corrected chi connectivity index (χ1v) is 8.95. The highest BCUT2D eigenvalue weighted by Crippen LogP contribution is 2.30. The van der Waals surface area contributed by atoms with Gasteiger partial charge in [-0.25, -0.2) is 9.97 Å². The summed E-state index contributed by atoms with van der Waals surface area (Å²) in [6.07, 6.45) is 4.08. The summed E-state index contributed by atoms with van der Waals surface area (Å²) in [5.41, 5.74) is 0.748. The van der Waals surface area contributed by atoms with Crippen LogP contribution in [0, 0.1) is 5.92 Å². The average Bonchev–Trinajstić information content (AvgIpc) is 2.93. The Morgan fingerprint density at radius 1 is 1.36 bits per heavy atom. The van der Waals surface area contributed by atoms with Crippen molar-refractivity contribution in [2.24, 2.45) is 13.0 Å². The van der Waals surface area contributed by atoms with E-state index in [9.17, 15) is 4.79 Å². The first kappa shape index (κ1) is 17.6. The Morgan fingerprint density at radius 3 is 2.80 bits per heavy atom. The lowest BCUT2D eigenvalue weighted by Crippen LogP contribution is -2.41. The van der Waals surface area contributed by atoms with Crippen LogP contribution in [0.4, 0.5) is 5.82 Å². The van der Waals surface area contributed by atoms with Gasteiger partial charge in [-0.05, 0) is 18.8 Å². The highest BCUT2D eigenvalue weighted by molar-refractivity contribution is 5.87. The van der Waals surface area contributed by atoms with Crippen molar-refractivity contribution in [2.45, 2.75) is 46.0 Å². The van der Waals surface area contributed by atoms with Gasteiger partial charge in [-0.2, -0.15) is 5.10 Å². The molecule has 0 aliphatic carbocycles. The molecule has 25 heavy (non-hydrogen) atoms. The summed E-state index contributed by atoms with van der Waals surface area (Å²) < 4.78 is 1.81. The Bertz CT molecular complexity index is 776. The van der Waals surface area contributed by atoms with Crippen molar-refractivity contribution in [1.82, 2.24) is 25.1 Å². The van der Waals surface area contributed by atoms with E-state index in [1.54, 1.807) is 6.92 Å². The number of fused-ring (bicyclic) bond motifs is 1. The molecule has 1 N–H and O–H groups in total. The van der Waals surface area contributed by atoms with Crippen molar-refractivity contribution >= 4 is 22.8 Å². The Kier molecular flexibility index (Phi) is 4.67. The topological polar surface area (TPSA) is 75.9 Å². The van der Waals surface area contributed by atoms with E-state index in [1.165, 1.54) is 0 Å². The number of nitrogens with one attached hydrogen (secondary N) is 1. The van der Waals surface area contributed by atoms with E-state index in [0.717, 1.165) is 55.2 Å². The molecule has 0 aromatic carbocycles.